The molecule has 0 aliphatic carbocycles. The molecule has 0 aromatic heterocycles. The number of aliphatic hydroxyl groups excluding tert-OH is 2. The number of amides is 1. The van der Waals surface area contributed by atoms with Gasteiger partial charge >= 0.3 is 5.97 Å². The molecular weight excluding hydrogens is 755 g/mol. The number of ether oxygens (including phenoxy) is 1. The molecule has 0 radical (unpaired) electrons. The number of hydrogen-bond donors (Lipinski definition) is 3. The number of carbonyl (C=O) groups is 2. The molecule has 0 rings (SSSR count). The monoisotopic (exact) mass is 852 g/mol. The zero-order chi connectivity index (χ0) is 44.5. The van der Waals surface area contributed by atoms with Crippen LogP contribution in [-0.2, 0) is 14.3 Å². The third-order valence-corrected chi connectivity index (χ3v) is 11.3. The maximum atomic E-state index is 13.1. The third kappa shape index (κ3) is 43.7. The minimum absolute atomic E-state index is 0.0526. The highest BCUT2D eigenvalue weighted by Gasteiger charge is 2.23. The molecule has 6 heteroatoms. The van der Waals surface area contributed by atoms with Crippen molar-refractivity contribution in [3.8, 4) is 0 Å². The van der Waals surface area contributed by atoms with Crippen molar-refractivity contribution in [2.45, 2.75) is 257 Å². The van der Waals surface area contributed by atoms with E-state index < -0.39 is 18.2 Å². The molecule has 0 saturated carbocycles. The average molecular weight is 852 g/mol. The summed E-state index contributed by atoms with van der Waals surface area (Å²) in [7, 11) is 0. The fourth-order valence-corrected chi connectivity index (χ4v) is 7.33. The van der Waals surface area contributed by atoms with Gasteiger partial charge in [-0.15, -0.1) is 0 Å². The SMILES string of the molecule is CCCCC/C=C\C/C=C\C/C=C\C/C=C\CCCC(=O)OC(/C=C/C/C=C\CCCCCCCC)CC(=O)NC(CO)C(O)CCCCCCCCCCCCCCCC. The van der Waals surface area contributed by atoms with Gasteiger partial charge in [-0.05, 0) is 76.7 Å². The summed E-state index contributed by atoms with van der Waals surface area (Å²) in [6.45, 7) is 6.40. The topological polar surface area (TPSA) is 95.9 Å². The van der Waals surface area contributed by atoms with Crippen LogP contribution in [0.25, 0.3) is 0 Å². The van der Waals surface area contributed by atoms with E-state index in [0.29, 0.717) is 19.3 Å². The molecule has 3 atom stereocenters. The molecule has 61 heavy (non-hydrogen) atoms. The van der Waals surface area contributed by atoms with Gasteiger partial charge in [0.2, 0.25) is 5.91 Å². The average Bonchev–Trinajstić information content (AvgIpc) is 3.25. The summed E-state index contributed by atoms with van der Waals surface area (Å²) in [4.78, 5) is 26.0. The highest BCUT2D eigenvalue weighted by atomic mass is 16.5. The van der Waals surface area contributed by atoms with Gasteiger partial charge in [-0.25, -0.2) is 0 Å². The van der Waals surface area contributed by atoms with Gasteiger partial charge in [0, 0.05) is 6.42 Å². The third-order valence-electron chi connectivity index (χ3n) is 11.3. The summed E-state index contributed by atoms with van der Waals surface area (Å²) < 4.78 is 5.79. The van der Waals surface area contributed by atoms with Crippen LogP contribution in [0.4, 0.5) is 0 Å². The number of carbonyl (C=O) groups excluding carboxylic acids is 2. The minimum atomic E-state index is -0.822. The van der Waals surface area contributed by atoms with Gasteiger partial charge in [-0.3, -0.25) is 9.59 Å². The number of aliphatic hydroxyl groups is 2. The molecule has 6 nitrogen and oxygen atoms in total. The predicted molar refractivity (Wildman–Crippen MR) is 264 cm³/mol. The van der Waals surface area contributed by atoms with Crippen LogP contribution in [0.3, 0.4) is 0 Å². The largest absolute Gasteiger partial charge is 0.458 e. The number of allylic oxidation sites excluding steroid dienone is 11. The van der Waals surface area contributed by atoms with Crippen molar-refractivity contribution >= 4 is 11.9 Å². The second-order valence-corrected chi connectivity index (χ2v) is 17.2. The zero-order valence-corrected chi connectivity index (χ0v) is 40.0. The van der Waals surface area contributed by atoms with Crippen molar-refractivity contribution in [3.05, 3.63) is 72.9 Å². The van der Waals surface area contributed by atoms with Crippen LogP contribution in [-0.4, -0.2) is 46.9 Å². The summed E-state index contributed by atoms with van der Waals surface area (Å²) in [6.07, 6.45) is 61.4. The summed E-state index contributed by atoms with van der Waals surface area (Å²) in [5.41, 5.74) is 0. The van der Waals surface area contributed by atoms with Gasteiger partial charge in [0.05, 0.1) is 25.2 Å². The van der Waals surface area contributed by atoms with Crippen LogP contribution < -0.4 is 5.32 Å². The molecule has 352 valence electrons. The summed E-state index contributed by atoms with van der Waals surface area (Å²) in [5, 5.41) is 23.7. The maximum absolute atomic E-state index is 13.1. The van der Waals surface area contributed by atoms with E-state index in [1.54, 1.807) is 6.08 Å². The Morgan fingerprint density at radius 3 is 1.34 bits per heavy atom. The van der Waals surface area contributed by atoms with Crippen LogP contribution in [0.5, 0.6) is 0 Å². The van der Waals surface area contributed by atoms with Crippen LogP contribution in [0.2, 0.25) is 0 Å². The number of hydrogen-bond acceptors (Lipinski definition) is 5. The van der Waals surface area contributed by atoms with Crippen molar-refractivity contribution in [3.63, 3.8) is 0 Å². The first-order valence-electron chi connectivity index (χ1n) is 25.7. The van der Waals surface area contributed by atoms with Crippen molar-refractivity contribution in [2.24, 2.45) is 0 Å². The Balaban J connectivity index is 4.69. The molecule has 3 N–H and O–H groups in total. The normalized spacial score (nSPS) is 13.9. The molecule has 0 aliphatic rings. The molecule has 1 amide bonds. The Bertz CT molecular complexity index is 1140. The lowest BCUT2D eigenvalue weighted by atomic mass is 10.0. The molecule has 0 aromatic carbocycles. The molecule has 0 fully saturated rings. The molecular formula is C55H97NO5. The van der Waals surface area contributed by atoms with E-state index in [-0.39, 0.29) is 31.3 Å². The van der Waals surface area contributed by atoms with Crippen molar-refractivity contribution < 1.29 is 24.5 Å². The van der Waals surface area contributed by atoms with Crippen molar-refractivity contribution in [2.75, 3.05) is 6.61 Å². The highest BCUT2D eigenvalue weighted by Crippen LogP contribution is 2.15. The van der Waals surface area contributed by atoms with Gasteiger partial charge in [0.25, 0.3) is 0 Å². The first kappa shape index (κ1) is 58.3. The molecule has 0 aromatic rings. The second kappa shape index (κ2) is 48.3. The van der Waals surface area contributed by atoms with Gasteiger partial charge in [-0.2, -0.15) is 0 Å². The lowest BCUT2D eigenvalue weighted by Crippen LogP contribution is -2.46. The van der Waals surface area contributed by atoms with Crippen LogP contribution >= 0.6 is 0 Å². The summed E-state index contributed by atoms with van der Waals surface area (Å²) in [5.74, 6) is -0.672. The smallest absolute Gasteiger partial charge is 0.306 e. The summed E-state index contributed by atoms with van der Waals surface area (Å²) in [6, 6.07) is -0.745. The van der Waals surface area contributed by atoms with E-state index in [2.05, 4.69) is 86.8 Å². The molecule has 0 spiro atoms. The molecule has 0 aliphatic heterocycles. The second-order valence-electron chi connectivity index (χ2n) is 17.2. The lowest BCUT2D eigenvalue weighted by molar-refractivity contribution is -0.148. The lowest BCUT2D eigenvalue weighted by Gasteiger charge is -2.23. The van der Waals surface area contributed by atoms with Crippen molar-refractivity contribution in [1.82, 2.24) is 5.32 Å². The zero-order valence-electron chi connectivity index (χ0n) is 40.0. The van der Waals surface area contributed by atoms with Crippen LogP contribution in [0.1, 0.15) is 239 Å². The molecule has 0 bridgehead atoms. The van der Waals surface area contributed by atoms with Gasteiger partial charge in [0.15, 0.2) is 0 Å². The van der Waals surface area contributed by atoms with E-state index in [1.807, 2.05) is 6.08 Å². The Morgan fingerprint density at radius 1 is 0.492 bits per heavy atom. The number of esters is 1. The Kier molecular flexibility index (Phi) is 46.2. The van der Waals surface area contributed by atoms with E-state index >= 15 is 0 Å². The van der Waals surface area contributed by atoms with E-state index in [9.17, 15) is 19.8 Å². The first-order chi connectivity index (χ1) is 30.0. The maximum Gasteiger partial charge on any atom is 0.306 e. The minimum Gasteiger partial charge on any atom is -0.458 e. The standard InChI is InChI=1S/C55H97NO5/c1-4-7-10-13-16-19-22-24-26-27-28-30-33-36-39-42-45-48-55(60)61-51(46-43-40-37-34-31-21-18-15-12-9-6-3)49-54(59)56-52(50-57)53(58)47-44-41-38-35-32-29-25-23-20-17-14-11-8-5-2/h16,19,24,26,28,30,34,36-37,39,43,46,51-53,57-58H,4-15,17-18,20-23,25,27,29,31-33,35,38,40-42,44-45,47-50H2,1-3H3,(H,56,59)/b19-16-,26-24-,30-28-,37-34-,39-36-,46-43+. The van der Waals surface area contributed by atoms with E-state index in [1.165, 1.54) is 135 Å². The molecule has 0 saturated heterocycles. The fraction of sp³-hybridized carbons (Fsp3) is 0.745. The van der Waals surface area contributed by atoms with Gasteiger partial charge in [0.1, 0.15) is 6.10 Å². The number of unbranched alkanes of at least 4 members (excludes halogenated alkanes) is 23. The number of rotatable bonds is 45. The quantitative estimate of drug-likeness (QED) is 0.0322. The van der Waals surface area contributed by atoms with Gasteiger partial charge < -0.3 is 20.3 Å². The Labute approximate surface area is 377 Å². The Hall–Kier alpha value is -2.70. The Morgan fingerprint density at radius 2 is 0.869 bits per heavy atom. The van der Waals surface area contributed by atoms with E-state index in [4.69, 9.17) is 4.74 Å². The number of nitrogens with one attached hydrogen (secondary N) is 1. The fourth-order valence-electron chi connectivity index (χ4n) is 7.33. The van der Waals surface area contributed by atoms with E-state index in [0.717, 1.165) is 51.4 Å². The molecule has 0 heterocycles. The van der Waals surface area contributed by atoms with Crippen LogP contribution in [0, 0.1) is 0 Å². The predicted octanol–water partition coefficient (Wildman–Crippen LogP) is 15.4. The molecule has 3 unspecified atom stereocenters. The summed E-state index contributed by atoms with van der Waals surface area (Å²) >= 11 is 0. The van der Waals surface area contributed by atoms with Gasteiger partial charge in [-0.1, -0.05) is 222 Å². The van der Waals surface area contributed by atoms with Crippen LogP contribution in [0.15, 0.2) is 72.9 Å². The highest BCUT2D eigenvalue weighted by molar-refractivity contribution is 5.78. The first-order valence-corrected chi connectivity index (χ1v) is 25.7. The van der Waals surface area contributed by atoms with Crippen molar-refractivity contribution in [1.29, 1.82) is 0 Å².